The van der Waals surface area contributed by atoms with E-state index in [1.165, 1.54) is 0 Å². The van der Waals surface area contributed by atoms with Crippen molar-refractivity contribution in [2.75, 3.05) is 0 Å². The van der Waals surface area contributed by atoms with Gasteiger partial charge in [0.15, 0.2) is 0 Å². The van der Waals surface area contributed by atoms with Crippen LogP contribution in [-0.4, -0.2) is 19.4 Å². The van der Waals surface area contributed by atoms with Crippen LogP contribution in [0.4, 0.5) is 0 Å². The average Bonchev–Trinajstić information content (AvgIpc) is 2.06. The van der Waals surface area contributed by atoms with E-state index in [4.69, 9.17) is 9.53 Å². The normalized spacial score (nSPS) is 11.2. The zero-order valence-corrected chi connectivity index (χ0v) is 12.2. The van der Waals surface area contributed by atoms with Crippen LogP contribution in [0.2, 0.25) is 19.6 Å². The highest BCUT2D eigenvalue weighted by Crippen LogP contribution is 2.26. The van der Waals surface area contributed by atoms with E-state index in [1.54, 1.807) is 6.07 Å². The maximum Gasteiger partial charge on any atom is 0.307 e. The molecule has 5 heteroatoms. The highest BCUT2D eigenvalue weighted by Gasteiger charge is 2.19. The van der Waals surface area contributed by atoms with Crippen LogP contribution in [0.5, 0.6) is 5.75 Å². The van der Waals surface area contributed by atoms with Gasteiger partial charge in [0.25, 0.3) is 0 Å². The third-order valence-corrected chi connectivity index (χ3v) is 3.11. The molecule has 0 spiro atoms. The Balaban J connectivity index is 3.03. The SMILES string of the molecule is C[Si](C)(C)Oc1cc(Br)ccc1CC(=O)O. The topological polar surface area (TPSA) is 46.5 Å². The molecule has 3 nitrogen and oxygen atoms in total. The largest absolute Gasteiger partial charge is 0.544 e. The van der Waals surface area contributed by atoms with Gasteiger partial charge in [-0.2, -0.15) is 0 Å². The van der Waals surface area contributed by atoms with E-state index in [1.807, 2.05) is 12.1 Å². The molecule has 0 aliphatic heterocycles. The van der Waals surface area contributed by atoms with Crippen molar-refractivity contribution in [2.45, 2.75) is 26.1 Å². The summed E-state index contributed by atoms with van der Waals surface area (Å²) in [5.41, 5.74) is 0.720. The first-order valence-electron chi connectivity index (χ1n) is 4.97. The molecule has 0 heterocycles. The summed E-state index contributed by atoms with van der Waals surface area (Å²) in [7, 11) is -1.72. The Morgan fingerprint density at radius 1 is 1.44 bits per heavy atom. The summed E-state index contributed by atoms with van der Waals surface area (Å²) in [4.78, 5) is 10.7. The van der Waals surface area contributed by atoms with E-state index < -0.39 is 14.3 Å². The lowest BCUT2D eigenvalue weighted by Gasteiger charge is -2.21. The number of aliphatic carboxylic acids is 1. The molecule has 0 aromatic heterocycles. The molecule has 88 valence electrons. The maximum atomic E-state index is 10.7. The van der Waals surface area contributed by atoms with Gasteiger partial charge in [-0.25, -0.2) is 0 Å². The minimum Gasteiger partial charge on any atom is -0.544 e. The molecule has 0 saturated heterocycles. The number of halogens is 1. The number of benzene rings is 1. The predicted molar refractivity (Wildman–Crippen MR) is 69.5 cm³/mol. The van der Waals surface area contributed by atoms with Crippen molar-refractivity contribution in [1.29, 1.82) is 0 Å². The molecule has 0 fully saturated rings. The van der Waals surface area contributed by atoms with Crippen LogP contribution in [0.25, 0.3) is 0 Å². The van der Waals surface area contributed by atoms with Gasteiger partial charge in [0, 0.05) is 10.0 Å². The fourth-order valence-corrected chi connectivity index (χ4v) is 2.45. The van der Waals surface area contributed by atoms with E-state index in [-0.39, 0.29) is 6.42 Å². The second-order valence-corrected chi connectivity index (χ2v) is 9.88. The van der Waals surface area contributed by atoms with Crippen LogP contribution in [-0.2, 0) is 11.2 Å². The number of carboxylic acids is 1. The zero-order valence-electron chi connectivity index (χ0n) is 9.58. The van der Waals surface area contributed by atoms with Gasteiger partial charge < -0.3 is 9.53 Å². The summed E-state index contributed by atoms with van der Waals surface area (Å²) in [5, 5.41) is 8.80. The van der Waals surface area contributed by atoms with Gasteiger partial charge >= 0.3 is 5.97 Å². The Hall–Kier alpha value is -0.813. The first-order chi connectivity index (χ1) is 7.28. The third kappa shape index (κ3) is 4.36. The van der Waals surface area contributed by atoms with Crippen molar-refractivity contribution in [2.24, 2.45) is 0 Å². The van der Waals surface area contributed by atoms with Crippen molar-refractivity contribution >= 4 is 30.2 Å². The summed E-state index contributed by atoms with van der Waals surface area (Å²) in [6.07, 6.45) is -0.00685. The lowest BCUT2D eigenvalue weighted by atomic mass is 10.1. The Morgan fingerprint density at radius 3 is 2.56 bits per heavy atom. The summed E-state index contributed by atoms with van der Waals surface area (Å²) in [6.45, 7) is 6.20. The Bertz CT molecular complexity index is 399. The van der Waals surface area contributed by atoms with Gasteiger partial charge in [0.05, 0.1) is 6.42 Å². The molecule has 0 radical (unpaired) electrons. The molecule has 1 aromatic rings. The summed E-state index contributed by atoms with van der Waals surface area (Å²) in [6, 6.07) is 5.44. The van der Waals surface area contributed by atoms with Crippen molar-refractivity contribution in [1.82, 2.24) is 0 Å². The minimum atomic E-state index is -1.72. The van der Waals surface area contributed by atoms with Crippen LogP contribution < -0.4 is 4.43 Å². The van der Waals surface area contributed by atoms with Crippen molar-refractivity contribution in [3.63, 3.8) is 0 Å². The lowest BCUT2D eigenvalue weighted by molar-refractivity contribution is -0.136. The number of rotatable bonds is 4. The van der Waals surface area contributed by atoms with Gasteiger partial charge in [-0.15, -0.1) is 0 Å². The zero-order chi connectivity index (χ0) is 12.3. The van der Waals surface area contributed by atoms with Gasteiger partial charge in [0.1, 0.15) is 5.75 Å². The van der Waals surface area contributed by atoms with Crippen molar-refractivity contribution in [3.05, 3.63) is 28.2 Å². The maximum absolute atomic E-state index is 10.7. The van der Waals surface area contributed by atoms with E-state index in [2.05, 4.69) is 35.6 Å². The first kappa shape index (κ1) is 13.3. The number of hydrogen-bond donors (Lipinski definition) is 1. The molecule has 0 unspecified atom stereocenters. The van der Waals surface area contributed by atoms with Crippen LogP contribution in [0.15, 0.2) is 22.7 Å². The second kappa shape index (κ2) is 5.01. The molecular formula is C11H15BrO3Si. The molecule has 1 N–H and O–H groups in total. The highest BCUT2D eigenvalue weighted by molar-refractivity contribution is 9.10. The van der Waals surface area contributed by atoms with E-state index >= 15 is 0 Å². The predicted octanol–water partition coefficient (Wildman–Crippen LogP) is 3.29. The van der Waals surface area contributed by atoms with Gasteiger partial charge in [-0.3, -0.25) is 4.79 Å². The fourth-order valence-electron chi connectivity index (χ4n) is 1.26. The molecular weight excluding hydrogens is 288 g/mol. The average molecular weight is 303 g/mol. The van der Waals surface area contributed by atoms with Crippen LogP contribution in [0, 0.1) is 0 Å². The smallest absolute Gasteiger partial charge is 0.307 e. The highest BCUT2D eigenvalue weighted by atomic mass is 79.9. The minimum absolute atomic E-state index is 0.00685. The molecule has 0 bridgehead atoms. The Labute approximate surface area is 105 Å². The number of carbonyl (C=O) groups is 1. The monoisotopic (exact) mass is 302 g/mol. The van der Waals surface area contributed by atoms with Gasteiger partial charge in [-0.1, -0.05) is 22.0 Å². The fraction of sp³-hybridized carbons (Fsp3) is 0.364. The van der Waals surface area contributed by atoms with Gasteiger partial charge in [-0.05, 0) is 31.8 Å². The van der Waals surface area contributed by atoms with E-state index in [9.17, 15) is 4.79 Å². The van der Waals surface area contributed by atoms with Crippen LogP contribution in [0.1, 0.15) is 5.56 Å². The Kier molecular flexibility index (Phi) is 4.15. The Morgan fingerprint density at radius 2 is 2.06 bits per heavy atom. The quantitative estimate of drug-likeness (QED) is 0.868. The molecule has 0 saturated carbocycles. The van der Waals surface area contributed by atoms with E-state index in [0.29, 0.717) is 5.75 Å². The summed E-state index contributed by atoms with van der Waals surface area (Å²) >= 11 is 3.36. The van der Waals surface area contributed by atoms with Gasteiger partial charge in [0.2, 0.25) is 8.32 Å². The molecule has 0 atom stereocenters. The third-order valence-electron chi connectivity index (χ3n) is 1.79. The standard InChI is InChI=1S/C11H15BrO3Si/c1-16(2,3)15-10-7-9(12)5-4-8(10)6-11(13)14/h4-5,7H,6H2,1-3H3,(H,13,14). The number of hydrogen-bond acceptors (Lipinski definition) is 2. The number of carboxylic acid groups (broad SMARTS) is 1. The molecule has 1 aromatic carbocycles. The van der Waals surface area contributed by atoms with Crippen LogP contribution in [0.3, 0.4) is 0 Å². The lowest BCUT2D eigenvalue weighted by Crippen LogP contribution is -2.30. The molecule has 16 heavy (non-hydrogen) atoms. The second-order valence-electron chi connectivity index (χ2n) is 4.54. The van der Waals surface area contributed by atoms with Crippen molar-refractivity contribution in [3.8, 4) is 5.75 Å². The molecule has 0 amide bonds. The summed E-state index contributed by atoms with van der Waals surface area (Å²) in [5.74, 6) is -0.168. The van der Waals surface area contributed by atoms with E-state index in [0.717, 1.165) is 10.0 Å². The molecule has 0 aliphatic rings. The first-order valence-corrected chi connectivity index (χ1v) is 9.17. The van der Waals surface area contributed by atoms with Crippen LogP contribution >= 0.6 is 15.9 Å². The molecule has 1 rings (SSSR count). The molecule has 0 aliphatic carbocycles. The summed E-state index contributed by atoms with van der Waals surface area (Å²) < 4.78 is 6.76. The van der Waals surface area contributed by atoms with Crippen molar-refractivity contribution < 1.29 is 14.3 Å².